The summed E-state index contributed by atoms with van der Waals surface area (Å²) in [6, 6.07) is 3.36. The lowest BCUT2D eigenvalue weighted by atomic mass is 10.2. The molecule has 0 saturated heterocycles. The van der Waals surface area contributed by atoms with Crippen LogP contribution in [0, 0.1) is 0 Å². The van der Waals surface area contributed by atoms with Crippen molar-refractivity contribution in [1.29, 1.82) is 0 Å². The predicted octanol–water partition coefficient (Wildman–Crippen LogP) is 0.925. The Hall–Kier alpha value is -1.42. The Morgan fingerprint density at radius 3 is 2.67 bits per heavy atom. The van der Waals surface area contributed by atoms with Crippen molar-refractivity contribution in [2.24, 2.45) is 0 Å². The van der Waals surface area contributed by atoms with E-state index in [1.54, 1.807) is 43.4 Å². The maximum absolute atomic E-state index is 11.8. The molecule has 4 heteroatoms. The van der Waals surface area contributed by atoms with E-state index in [-0.39, 0.29) is 12.0 Å². The highest BCUT2D eigenvalue weighted by Gasteiger charge is 2.11. The fraction of sp³-hybridized carbons (Fsp3) is 0.455. The van der Waals surface area contributed by atoms with E-state index in [1.807, 2.05) is 0 Å². The summed E-state index contributed by atoms with van der Waals surface area (Å²) in [6.07, 6.45) is 3.40. The topological polar surface area (TPSA) is 53.4 Å². The van der Waals surface area contributed by atoms with Gasteiger partial charge >= 0.3 is 0 Å². The molecule has 0 bridgehead atoms. The predicted molar refractivity (Wildman–Crippen MR) is 57.5 cm³/mol. The molecule has 1 heterocycles. The van der Waals surface area contributed by atoms with E-state index in [0.717, 1.165) is 0 Å². The summed E-state index contributed by atoms with van der Waals surface area (Å²) in [4.78, 5) is 17.2. The molecule has 0 aliphatic heterocycles. The van der Waals surface area contributed by atoms with Crippen molar-refractivity contribution in [2.45, 2.75) is 19.4 Å². The number of nitrogens with zero attached hydrogens (tertiary/aromatic N) is 2. The summed E-state index contributed by atoms with van der Waals surface area (Å²) in [7, 11) is 1.73. The van der Waals surface area contributed by atoms with Gasteiger partial charge < -0.3 is 10.0 Å². The largest absolute Gasteiger partial charge is 0.393 e. The molecule has 4 nitrogen and oxygen atoms in total. The standard InChI is InChI=1S/C11H16N2O2/c1-9(14)5-8-13(2)11(15)10-3-6-12-7-4-10/h3-4,6-7,9,14H,5,8H2,1-2H3. The SMILES string of the molecule is CC(O)CCN(C)C(=O)c1ccncc1. The smallest absolute Gasteiger partial charge is 0.253 e. The van der Waals surface area contributed by atoms with Crippen molar-refractivity contribution in [1.82, 2.24) is 9.88 Å². The Balaban J connectivity index is 2.54. The van der Waals surface area contributed by atoms with Crippen molar-refractivity contribution in [3.63, 3.8) is 0 Å². The maximum Gasteiger partial charge on any atom is 0.253 e. The van der Waals surface area contributed by atoms with Gasteiger partial charge in [0.15, 0.2) is 0 Å². The zero-order chi connectivity index (χ0) is 11.3. The quantitative estimate of drug-likeness (QED) is 0.800. The van der Waals surface area contributed by atoms with E-state index in [1.165, 1.54) is 0 Å². The number of hydrogen-bond acceptors (Lipinski definition) is 3. The van der Waals surface area contributed by atoms with Crippen molar-refractivity contribution in [2.75, 3.05) is 13.6 Å². The Bertz CT molecular complexity index is 312. The van der Waals surface area contributed by atoms with E-state index in [9.17, 15) is 4.79 Å². The number of carbonyl (C=O) groups excluding carboxylic acids is 1. The van der Waals surface area contributed by atoms with E-state index in [0.29, 0.717) is 18.5 Å². The third kappa shape index (κ3) is 3.67. The highest BCUT2D eigenvalue weighted by atomic mass is 16.3. The monoisotopic (exact) mass is 208 g/mol. The molecule has 15 heavy (non-hydrogen) atoms. The Labute approximate surface area is 89.6 Å². The number of hydrogen-bond donors (Lipinski definition) is 1. The van der Waals surface area contributed by atoms with Crippen molar-refractivity contribution in [3.05, 3.63) is 30.1 Å². The van der Waals surface area contributed by atoms with Gasteiger partial charge in [0.05, 0.1) is 6.10 Å². The van der Waals surface area contributed by atoms with Crippen LogP contribution in [-0.2, 0) is 0 Å². The maximum atomic E-state index is 11.8. The lowest BCUT2D eigenvalue weighted by Crippen LogP contribution is -2.29. The summed E-state index contributed by atoms with van der Waals surface area (Å²) in [5, 5.41) is 9.11. The summed E-state index contributed by atoms with van der Waals surface area (Å²) in [5.41, 5.74) is 0.623. The van der Waals surface area contributed by atoms with Gasteiger partial charge in [0.1, 0.15) is 0 Å². The Morgan fingerprint density at radius 2 is 2.13 bits per heavy atom. The van der Waals surface area contributed by atoms with Crippen LogP contribution in [0.3, 0.4) is 0 Å². The van der Waals surface area contributed by atoms with Gasteiger partial charge in [-0.2, -0.15) is 0 Å². The lowest BCUT2D eigenvalue weighted by molar-refractivity contribution is 0.0769. The van der Waals surface area contributed by atoms with Crippen LogP contribution >= 0.6 is 0 Å². The van der Waals surface area contributed by atoms with Crippen LogP contribution in [0.15, 0.2) is 24.5 Å². The summed E-state index contributed by atoms with van der Waals surface area (Å²) in [5.74, 6) is -0.0435. The highest BCUT2D eigenvalue weighted by molar-refractivity contribution is 5.93. The molecule has 1 amide bonds. The van der Waals surface area contributed by atoms with Gasteiger partial charge in [0.2, 0.25) is 0 Å². The van der Waals surface area contributed by atoms with E-state index >= 15 is 0 Å². The molecule has 0 saturated carbocycles. The van der Waals surface area contributed by atoms with Crippen LogP contribution in [0.5, 0.6) is 0 Å². The average molecular weight is 208 g/mol. The minimum atomic E-state index is -0.377. The van der Waals surface area contributed by atoms with Gasteiger partial charge in [-0.05, 0) is 25.5 Å². The molecule has 0 fully saturated rings. The van der Waals surface area contributed by atoms with E-state index < -0.39 is 0 Å². The first-order valence-corrected chi connectivity index (χ1v) is 4.95. The first-order chi connectivity index (χ1) is 7.11. The molecule has 1 unspecified atom stereocenters. The molecule has 1 aromatic rings. The van der Waals surface area contributed by atoms with Gasteiger partial charge in [0, 0.05) is 31.5 Å². The van der Waals surface area contributed by atoms with Crippen LogP contribution in [0.4, 0.5) is 0 Å². The average Bonchev–Trinajstić information content (AvgIpc) is 2.26. The first kappa shape index (κ1) is 11.7. The number of aliphatic hydroxyl groups excluding tert-OH is 1. The van der Waals surface area contributed by atoms with Crippen LogP contribution in [0.1, 0.15) is 23.7 Å². The van der Waals surface area contributed by atoms with E-state index in [4.69, 9.17) is 5.11 Å². The number of carbonyl (C=O) groups is 1. The molecule has 1 aromatic heterocycles. The molecular weight excluding hydrogens is 192 g/mol. The zero-order valence-corrected chi connectivity index (χ0v) is 9.05. The van der Waals surface area contributed by atoms with Gasteiger partial charge in [-0.25, -0.2) is 0 Å². The minimum Gasteiger partial charge on any atom is -0.393 e. The molecule has 0 aliphatic rings. The number of rotatable bonds is 4. The minimum absolute atomic E-state index is 0.0435. The molecular formula is C11H16N2O2. The van der Waals surface area contributed by atoms with E-state index in [2.05, 4.69) is 4.98 Å². The number of aromatic nitrogens is 1. The fourth-order valence-corrected chi connectivity index (χ4v) is 1.20. The fourth-order valence-electron chi connectivity index (χ4n) is 1.20. The van der Waals surface area contributed by atoms with Crippen LogP contribution in [-0.4, -0.2) is 40.6 Å². The second-order valence-corrected chi connectivity index (χ2v) is 3.60. The Morgan fingerprint density at radius 1 is 1.53 bits per heavy atom. The molecule has 0 radical (unpaired) electrons. The summed E-state index contributed by atoms with van der Waals surface area (Å²) >= 11 is 0. The molecule has 1 atom stereocenters. The van der Waals surface area contributed by atoms with Crippen molar-refractivity contribution >= 4 is 5.91 Å². The number of aliphatic hydroxyl groups is 1. The van der Waals surface area contributed by atoms with Crippen LogP contribution in [0.25, 0.3) is 0 Å². The second kappa shape index (κ2) is 5.46. The zero-order valence-electron chi connectivity index (χ0n) is 9.05. The van der Waals surface area contributed by atoms with Gasteiger partial charge in [-0.3, -0.25) is 9.78 Å². The molecule has 0 aromatic carbocycles. The number of pyridine rings is 1. The van der Waals surface area contributed by atoms with Crippen LogP contribution < -0.4 is 0 Å². The first-order valence-electron chi connectivity index (χ1n) is 4.95. The van der Waals surface area contributed by atoms with Crippen molar-refractivity contribution in [3.8, 4) is 0 Å². The third-order valence-corrected chi connectivity index (χ3v) is 2.16. The van der Waals surface area contributed by atoms with Gasteiger partial charge in [0.25, 0.3) is 5.91 Å². The summed E-state index contributed by atoms with van der Waals surface area (Å²) in [6.45, 7) is 2.27. The lowest BCUT2D eigenvalue weighted by Gasteiger charge is -2.17. The molecule has 1 N–H and O–H groups in total. The third-order valence-electron chi connectivity index (χ3n) is 2.16. The highest BCUT2D eigenvalue weighted by Crippen LogP contribution is 2.03. The molecule has 82 valence electrons. The molecule has 0 aliphatic carbocycles. The Kier molecular flexibility index (Phi) is 4.24. The van der Waals surface area contributed by atoms with Gasteiger partial charge in [-0.1, -0.05) is 0 Å². The number of amides is 1. The summed E-state index contributed by atoms with van der Waals surface area (Å²) < 4.78 is 0. The molecule has 0 spiro atoms. The van der Waals surface area contributed by atoms with Crippen molar-refractivity contribution < 1.29 is 9.90 Å². The van der Waals surface area contributed by atoms with Crippen LogP contribution in [0.2, 0.25) is 0 Å². The molecule has 1 rings (SSSR count). The second-order valence-electron chi connectivity index (χ2n) is 3.60. The van der Waals surface area contributed by atoms with Gasteiger partial charge in [-0.15, -0.1) is 0 Å². The normalized spacial score (nSPS) is 12.2.